The second kappa shape index (κ2) is 8.49. The molecule has 2 aromatic carbocycles. The number of halogens is 1. The van der Waals surface area contributed by atoms with Gasteiger partial charge in [0.15, 0.2) is 16.0 Å². The Balaban J connectivity index is 1.49. The van der Waals surface area contributed by atoms with Gasteiger partial charge >= 0.3 is 0 Å². The highest BCUT2D eigenvalue weighted by Gasteiger charge is 2.16. The molecule has 0 fully saturated rings. The molecule has 29 heavy (non-hydrogen) atoms. The lowest BCUT2D eigenvalue weighted by Gasteiger charge is -2.06. The predicted molar refractivity (Wildman–Crippen MR) is 120 cm³/mol. The summed E-state index contributed by atoms with van der Waals surface area (Å²) in [7, 11) is 0. The van der Waals surface area contributed by atoms with Gasteiger partial charge in [-0.25, -0.2) is 15.0 Å². The molecular weight excluding hydrogens is 424 g/mol. The number of thioether (sulfide) groups is 1. The summed E-state index contributed by atoms with van der Waals surface area (Å²) in [4.78, 5) is 25.7. The van der Waals surface area contributed by atoms with Crippen molar-refractivity contribution in [1.29, 1.82) is 0 Å². The van der Waals surface area contributed by atoms with E-state index in [-0.39, 0.29) is 10.7 Å². The molecule has 0 aliphatic heterocycles. The average Bonchev–Trinajstić information content (AvgIpc) is 3.09. The standard InChI is InChI=1S/C21H17ClN4OS2/c1-12-3-6-14(7-4-12)11-28-20-23-10-15(22)18(25-20)19(27)26-21-24-16-8-5-13(2)9-17(16)29-21/h3-10H,11H2,1-2H3,(H,24,26,27). The van der Waals surface area contributed by atoms with Gasteiger partial charge in [-0.1, -0.05) is 70.6 Å². The Hall–Kier alpha value is -2.48. The number of aromatic nitrogens is 3. The summed E-state index contributed by atoms with van der Waals surface area (Å²) in [6, 6.07) is 14.2. The van der Waals surface area contributed by atoms with Gasteiger partial charge in [-0.05, 0) is 37.1 Å². The molecular formula is C21H17ClN4OS2. The zero-order valence-electron chi connectivity index (χ0n) is 15.8. The highest BCUT2D eigenvalue weighted by atomic mass is 35.5. The minimum Gasteiger partial charge on any atom is -0.296 e. The number of rotatable bonds is 5. The van der Waals surface area contributed by atoms with Gasteiger partial charge in [0, 0.05) is 5.75 Å². The number of amides is 1. The van der Waals surface area contributed by atoms with E-state index in [1.807, 2.05) is 25.1 Å². The Bertz CT molecular complexity index is 1190. The number of nitrogens with one attached hydrogen (secondary N) is 1. The number of carbonyl (C=O) groups excluding carboxylic acids is 1. The van der Waals surface area contributed by atoms with Crippen LogP contribution in [0.1, 0.15) is 27.2 Å². The van der Waals surface area contributed by atoms with Crippen LogP contribution in [0.25, 0.3) is 10.2 Å². The number of nitrogens with zero attached hydrogens (tertiary/aromatic N) is 3. The Labute approximate surface area is 181 Å². The zero-order chi connectivity index (χ0) is 20.4. The fraction of sp³-hybridized carbons (Fsp3) is 0.143. The fourth-order valence-electron chi connectivity index (χ4n) is 2.65. The lowest BCUT2D eigenvalue weighted by Crippen LogP contribution is -2.15. The molecule has 4 aromatic rings. The van der Waals surface area contributed by atoms with E-state index in [0.29, 0.717) is 16.0 Å². The lowest BCUT2D eigenvalue weighted by molar-refractivity contribution is 0.102. The van der Waals surface area contributed by atoms with Gasteiger partial charge in [-0.2, -0.15) is 0 Å². The molecule has 4 rings (SSSR count). The van der Waals surface area contributed by atoms with Gasteiger partial charge in [0.2, 0.25) is 0 Å². The molecule has 2 heterocycles. The van der Waals surface area contributed by atoms with Crippen molar-refractivity contribution in [3.8, 4) is 0 Å². The number of carbonyl (C=O) groups is 1. The van der Waals surface area contributed by atoms with Crippen molar-refractivity contribution in [3.63, 3.8) is 0 Å². The SMILES string of the molecule is Cc1ccc(CSc2ncc(Cl)c(C(=O)Nc3nc4ccc(C)cc4s3)n2)cc1. The van der Waals surface area contributed by atoms with Gasteiger partial charge in [0.25, 0.3) is 5.91 Å². The Morgan fingerprint density at radius 1 is 1.10 bits per heavy atom. The second-order valence-corrected chi connectivity index (χ2v) is 8.95. The summed E-state index contributed by atoms with van der Waals surface area (Å²) < 4.78 is 1.02. The summed E-state index contributed by atoms with van der Waals surface area (Å²) >= 11 is 9.06. The molecule has 0 saturated carbocycles. The molecule has 1 amide bonds. The quantitative estimate of drug-likeness (QED) is 0.309. The van der Waals surface area contributed by atoms with Crippen LogP contribution in [0.2, 0.25) is 5.02 Å². The van der Waals surface area contributed by atoms with E-state index in [1.54, 1.807) is 0 Å². The van der Waals surface area contributed by atoms with Gasteiger partial charge in [-0.15, -0.1) is 0 Å². The van der Waals surface area contributed by atoms with Crippen LogP contribution in [0.5, 0.6) is 0 Å². The van der Waals surface area contributed by atoms with Crippen molar-refractivity contribution in [2.24, 2.45) is 0 Å². The molecule has 2 aromatic heterocycles. The van der Waals surface area contributed by atoms with E-state index in [1.165, 1.54) is 34.9 Å². The molecule has 146 valence electrons. The van der Waals surface area contributed by atoms with Crippen molar-refractivity contribution in [2.45, 2.75) is 24.8 Å². The molecule has 0 atom stereocenters. The third-order valence-corrected chi connectivity index (χ3v) is 6.33. The third-order valence-electron chi connectivity index (χ3n) is 4.19. The first-order valence-corrected chi connectivity index (χ1v) is 11.1. The highest BCUT2D eigenvalue weighted by Crippen LogP contribution is 2.28. The van der Waals surface area contributed by atoms with Crippen molar-refractivity contribution < 1.29 is 4.79 Å². The van der Waals surface area contributed by atoms with Crippen LogP contribution in [0.4, 0.5) is 5.13 Å². The maximum Gasteiger partial charge on any atom is 0.277 e. The number of anilines is 1. The smallest absolute Gasteiger partial charge is 0.277 e. The molecule has 0 spiro atoms. The minimum atomic E-state index is -0.398. The molecule has 5 nitrogen and oxygen atoms in total. The number of hydrogen-bond donors (Lipinski definition) is 1. The first kappa shape index (κ1) is 19.8. The van der Waals surface area contributed by atoms with Crippen molar-refractivity contribution in [1.82, 2.24) is 15.0 Å². The number of benzene rings is 2. The van der Waals surface area contributed by atoms with E-state index >= 15 is 0 Å². The number of thiazole rings is 1. The van der Waals surface area contributed by atoms with E-state index in [9.17, 15) is 4.79 Å². The van der Waals surface area contributed by atoms with Gasteiger partial charge in [0.1, 0.15) is 0 Å². The summed E-state index contributed by atoms with van der Waals surface area (Å²) in [5, 5.41) is 4.02. The lowest BCUT2D eigenvalue weighted by atomic mass is 10.2. The number of hydrogen-bond acceptors (Lipinski definition) is 6. The highest BCUT2D eigenvalue weighted by molar-refractivity contribution is 7.98. The Morgan fingerprint density at radius 3 is 2.66 bits per heavy atom. The number of aryl methyl sites for hydroxylation is 2. The van der Waals surface area contributed by atoms with Gasteiger partial charge < -0.3 is 0 Å². The van der Waals surface area contributed by atoms with E-state index in [4.69, 9.17) is 11.6 Å². The molecule has 0 unspecified atom stereocenters. The van der Waals surface area contributed by atoms with E-state index in [0.717, 1.165) is 21.3 Å². The normalized spacial score (nSPS) is 11.0. The molecule has 0 aliphatic carbocycles. The van der Waals surface area contributed by atoms with Crippen LogP contribution >= 0.6 is 34.7 Å². The number of fused-ring (bicyclic) bond motifs is 1. The summed E-state index contributed by atoms with van der Waals surface area (Å²) in [6.07, 6.45) is 1.46. The fourth-order valence-corrected chi connectivity index (χ4v) is 4.56. The van der Waals surface area contributed by atoms with Crippen LogP contribution in [-0.2, 0) is 5.75 Å². The van der Waals surface area contributed by atoms with Crippen molar-refractivity contribution in [2.75, 3.05) is 5.32 Å². The van der Waals surface area contributed by atoms with Crippen LogP contribution in [-0.4, -0.2) is 20.9 Å². The Morgan fingerprint density at radius 2 is 1.86 bits per heavy atom. The average molecular weight is 441 g/mol. The van der Waals surface area contributed by atoms with Crippen LogP contribution in [0.3, 0.4) is 0 Å². The molecule has 1 N–H and O–H groups in total. The maximum absolute atomic E-state index is 12.7. The summed E-state index contributed by atoms with van der Waals surface area (Å²) in [6.45, 7) is 4.07. The van der Waals surface area contributed by atoms with Crippen molar-refractivity contribution >= 4 is 56.0 Å². The topological polar surface area (TPSA) is 67.8 Å². The molecule has 0 saturated heterocycles. The van der Waals surface area contributed by atoms with Gasteiger partial charge in [-0.3, -0.25) is 10.1 Å². The minimum absolute atomic E-state index is 0.142. The first-order chi connectivity index (χ1) is 14.0. The summed E-state index contributed by atoms with van der Waals surface area (Å²) in [5.41, 5.74) is 4.51. The first-order valence-electron chi connectivity index (χ1n) is 8.87. The molecule has 8 heteroatoms. The zero-order valence-corrected chi connectivity index (χ0v) is 18.2. The van der Waals surface area contributed by atoms with Crippen LogP contribution < -0.4 is 5.32 Å². The third kappa shape index (κ3) is 4.75. The Kier molecular flexibility index (Phi) is 5.80. The second-order valence-electron chi connectivity index (χ2n) is 6.57. The maximum atomic E-state index is 12.7. The van der Waals surface area contributed by atoms with Crippen LogP contribution in [0, 0.1) is 13.8 Å². The van der Waals surface area contributed by atoms with Gasteiger partial charge in [0.05, 0.1) is 21.4 Å². The summed E-state index contributed by atoms with van der Waals surface area (Å²) in [5.74, 6) is 0.311. The van der Waals surface area contributed by atoms with E-state index in [2.05, 4.69) is 51.5 Å². The van der Waals surface area contributed by atoms with E-state index < -0.39 is 5.91 Å². The predicted octanol–water partition coefficient (Wildman–Crippen LogP) is 5.90. The molecule has 0 bridgehead atoms. The van der Waals surface area contributed by atoms with Crippen LogP contribution in [0.15, 0.2) is 53.8 Å². The largest absolute Gasteiger partial charge is 0.296 e. The molecule has 0 aliphatic rings. The monoisotopic (exact) mass is 440 g/mol. The van der Waals surface area contributed by atoms with Crippen molar-refractivity contribution in [3.05, 3.63) is 76.1 Å². The molecule has 0 radical (unpaired) electrons.